The average Bonchev–Trinajstić information content (AvgIpc) is 1.78. The summed E-state index contributed by atoms with van der Waals surface area (Å²) in [6, 6.07) is 0. The fourth-order valence-corrected chi connectivity index (χ4v) is 2.19. The lowest BCUT2D eigenvalue weighted by molar-refractivity contribution is -0.0129. The van der Waals surface area contributed by atoms with E-state index >= 15 is 0 Å². The summed E-state index contributed by atoms with van der Waals surface area (Å²) in [7, 11) is -3.49. The van der Waals surface area contributed by atoms with E-state index < -0.39 is 28.4 Å². The van der Waals surface area contributed by atoms with Gasteiger partial charge in [0, 0.05) is 12.8 Å². The predicted molar refractivity (Wildman–Crippen MR) is 45.6 cm³/mol. The first-order valence-corrected chi connectivity index (χ1v) is 5.93. The zero-order chi connectivity index (χ0) is 10.1. The third-order valence-electron chi connectivity index (χ3n) is 1.92. The van der Waals surface area contributed by atoms with Crippen LogP contribution in [0.3, 0.4) is 0 Å². The van der Waals surface area contributed by atoms with Gasteiger partial charge in [-0.25, -0.2) is 0 Å². The predicted octanol–water partition coefficient (Wildman–Crippen LogP) is -0.763. The molecule has 5 nitrogen and oxygen atoms in total. The zero-order valence-corrected chi connectivity index (χ0v) is 8.20. The Kier molecular flexibility index (Phi) is 3.28. The van der Waals surface area contributed by atoms with Crippen LogP contribution in [0.25, 0.3) is 0 Å². The Morgan fingerprint density at radius 3 is 2.00 bits per heavy atom. The Bertz CT molecular complexity index is 250. The maximum Gasteiger partial charge on any atom is 0.264 e. The first-order valence-electron chi connectivity index (χ1n) is 4.11. The second-order valence-electron chi connectivity index (χ2n) is 3.44. The van der Waals surface area contributed by atoms with Crippen LogP contribution in [-0.4, -0.2) is 43.2 Å². The Morgan fingerprint density at radius 1 is 1.15 bits per heavy atom. The van der Waals surface area contributed by atoms with Crippen LogP contribution in [0.4, 0.5) is 0 Å². The Hall–Kier alpha value is -0.170. The van der Waals surface area contributed by atoms with E-state index in [0.29, 0.717) is 6.42 Å². The van der Waals surface area contributed by atoms with Gasteiger partial charge in [0.05, 0.1) is 24.6 Å². The summed E-state index contributed by atoms with van der Waals surface area (Å²) in [5, 5.41) is 18.4. The van der Waals surface area contributed by atoms with Gasteiger partial charge in [0.25, 0.3) is 10.1 Å². The molecule has 13 heavy (non-hydrogen) atoms. The molecule has 0 aliphatic heterocycles. The lowest BCUT2D eigenvalue weighted by atomic mass is 9.93. The molecule has 0 amide bonds. The van der Waals surface area contributed by atoms with Crippen molar-refractivity contribution in [1.82, 2.24) is 0 Å². The van der Waals surface area contributed by atoms with Crippen molar-refractivity contribution in [3.63, 3.8) is 0 Å². The van der Waals surface area contributed by atoms with Gasteiger partial charge in [0.15, 0.2) is 0 Å². The fraction of sp³-hybridized carbons (Fsp3) is 1.00. The van der Waals surface area contributed by atoms with E-state index in [4.69, 9.17) is 0 Å². The van der Waals surface area contributed by atoms with Crippen LogP contribution in [0.1, 0.15) is 19.3 Å². The molecule has 6 heteroatoms. The lowest BCUT2D eigenvalue weighted by Crippen LogP contribution is -2.35. The number of hydrogen-bond donors (Lipinski definition) is 2. The van der Waals surface area contributed by atoms with Crippen LogP contribution in [-0.2, 0) is 14.3 Å². The highest BCUT2D eigenvalue weighted by atomic mass is 32.2. The summed E-state index contributed by atoms with van der Waals surface area (Å²) in [6.45, 7) is 0. The third kappa shape index (κ3) is 4.04. The van der Waals surface area contributed by atoms with E-state index in [1.807, 2.05) is 0 Å². The highest BCUT2D eigenvalue weighted by Gasteiger charge is 2.29. The largest absolute Gasteiger partial charge is 0.393 e. The fourth-order valence-electron chi connectivity index (χ4n) is 1.54. The second-order valence-corrected chi connectivity index (χ2v) is 5.04. The molecule has 0 aromatic heterocycles. The molecule has 0 saturated heterocycles. The Balaban J connectivity index is 2.51. The van der Waals surface area contributed by atoms with Gasteiger partial charge in [-0.05, 0) is 6.42 Å². The number of hydrogen-bond acceptors (Lipinski definition) is 5. The molecule has 3 atom stereocenters. The molecule has 78 valence electrons. The quantitative estimate of drug-likeness (QED) is 0.585. The summed E-state index contributed by atoms with van der Waals surface area (Å²) in [5.41, 5.74) is 0. The molecule has 0 radical (unpaired) electrons. The molecule has 1 rings (SSSR count). The number of aliphatic hydroxyl groups excluding tert-OH is 2. The maximum atomic E-state index is 10.7. The van der Waals surface area contributed by atoms with Crippen molar-refractivity contribution < 1.29 is 22.8 Å². The lowest BCUT2D eigenvalue weighted by Gasteiger charge is -2.28. The van der Waals surface area contributed by atoms with Crippen molar-refractivity contribution >= 4 is 10.1 Å². The van der Waals surface area contributed by atoms with E-state index in [0.717, 1.165) is 6.26 Å². The second kappa shape index (κ2) is 3.91. The van der Waals surface area contributed by atoms with E-state index in [1.165, 1.54) is 0 Å². The van der Waals surface area contributed by atoms with Gasteiger partial charge >= 0.3 is 0 Å². The van der Waals surface area contributed by atoms with Crippen molar-refractivity contribution in [3.8, 4) is 0 Å². The van der Waals surface area contributed by atoms with Crippen molar-refractivity contribution in [1.29, 1.82) is 0 Å². The molecule has 1 unspecified atom stereocenters. The first-order chi connectivity index (χ1) is 5.87. The molecule has 1 aliphatic carbocycles. The molecule has 1 saturated carbocycles. The first kappa shape index (κ1) is 10.9. The molecular formula is C7H14O5S. The maximum absolute atomic E-state index is 10.7. The molecule has 1 fully saturated rings. The van der Waals surface area contributed by atoms with Gasteiger partial charge in [-0.3, -0.25) is 4.18 Å². The summed E-state index contributed by atoms with van der Waals surface area (Å²) in [6.07, 6.45) is -0.141. The molecule has 0 aromatic rings. The van der Waals surface area contributed by atoms with Gasteiger partial charge < -0.3 is 10.2 Å². The summed E-state index contributed by atoms with van der Waals surface area (Å²) < 4.78 is 26.1. The Morgan fingerprint density at radius 2 is 1.62 bits per heavy atom. The molecule has 1 aliphatic rings. The molecule has 0 heterocycles. The van der Waals surface area contributed by atoms with Crippen molar-refractivity contribution in [3.05, 3.63) is 0 Å². The number of rotatable bonds is 2. The minimum absolute atomic E-state index is 0.268. The monoisotopic (exact) mass is 210 g/mol. The van der Waals surface area contributed by atoms with Crippen molar-refractivity contribution in [2.45, 2.75) is 37.6 Å². The van der Waals surface area contributed by atoms with E-state index in [1.54, 1.807) is 0 Å². The highest BCUT2D eigenvalue weighted by Crippen LogP contribution is 2.22. The van der Waals surface area contributed by atoms with E-state index in [-0.39, 0.29) is 12.8 Å². The highest BCUT2D eigenvalue weighted by molar-refractivity contribution is 7.86. The van der Waals surface area contributed by atoms with Gasteiger partial charge in [0.2, 0.25) is 0 Å². The molecule has 0 bridgehead atoms. The molecule has 0 spiro atoms. The van der Waals surface area contributed by atoms with Crippen LogP contribution >= 0.6 is 0 Å². The molecule has 2 N–H and O–H groups in total. The van der Waals surface area contributed by atoms with Crippen LogP contribution in [0, 0.1) is 0 Å². The third-order valence-corrected chi connectivity index (χ3v) is 2.55. The van der Waals surface area contributed by atoms with E-state index in [2.05, 4.69) is 4.18 Å². The van der Waals surface area contributed by atoms with Crippen molar-refractivity contribution in [2.75, 3.05) is 6.26 Å². The van der Waals surface area contributed by atoms with Crippen LogP contribution in [0.5, 0.6) is 0 Å². The number of aliphatic hydroxyl groups is 2. The SMILES string of the molecule is CS(=O)(=O)OC1C[C@@H](O)C[C@@H](O)C1. The molecule has 0 aromatic carbocycles. The Labute approximate surface area is 77.5 Å². The topological polar surface area (TPSA) is 83.8 Å². The minimum Gasteiger partial charge on any atom is -0.393 e. The van der Waals surface area contributed by atoms with Crippen LogP contribution in [0.15, 0.2) is 0 Å². The van der Waals surface area contributed by atoms with Crippen LogP contribution in [0.2, 0.25) is 0 Å². The summed E-state index contributed by atoms with van der Waals surface area (Å²) in [5.74, 6) is 0. The summed E-state index contributed by atoms with van der Waals surface area (Å²) >= 11 is 0. The summed E-state index contributed by atoms with van der Waals surface area (Å²) in [4.78, 5) is 0. The smallest absolute Gasteiger partial charge is 0.264 e. The van der Waals surface area contributed by atoms with Gasteiger partial charge in [0.1, 0.15) is 0 Å². The average molecular weight is 210 g/mol. The van der Waals surface area contributed by atoms with Gasteiger partial charge in [-0.15, -0.1) is 0 Å². The van der Waals surface area contributed by atoms with Gasteiger partial charge in [-0.2, -0.15) is 8.42 Å². The standard InChI is InChI=1S/C7H14O5S/c1-13(10,11)12-7-3-5(8)2-6(9)4-7/h5-9H,2-4H2,1H3/t5-,6+,7?. The minimum atomic E-state index is -3.49. The van der Waals surface area contributed by atoms with Gasteiger partial charge in [-0.1, -0.05) is 0 Å². The van der Waals surface area contributed by atoms with Crippen molar-refractivity contribution in [2.24, 2.45) is 0 Å². The normalized spacial score (nSPS) is 36.1. The van der Waals surface area contributed by atoms with E-state index in [9.17, 15) is 18.6 Å². The van der Waals surface area contributed by atoms with Crippen LogP contribution < -0.4 is 0 Å². The molecular weight excluding hydrogens is 196 g/mol. The zero-order valence-electron chi connectivity index (χ0n) is 7.38.